The first-order chi connectivity index (χ1) is 9.41. The third-order valence-electron chi connectivity index (χ3n) is 2.35. The van der Waals surface area contributed by atoms with E-state index in [1.165, 1.54) is 12.1 Å². The van der Waals surface area contributed by atoms with E-state index in [1.54, 1.807) is 13.0 Å². The van der Waals surface area contributed by atoms with Gasteiger partial charge in [0.25, 0.3) is 11.6 Å². The standard InChI is InChI=1S/C12H14N2O6/c1-8-2-3-10(14(18)19)9(6-8)12(17)13-4-5-20-7-11(15)16/h2-3,6H,4-5,7H2,1H3,(H,13,17)(H,15,16). The third kappa shape index (κ3) is 4.65. The monoisotopic (exact) mass is 282 g/mol. The van der Waals surface area contributed by atoms with Crippen LogP contribution in [0.1, 0.15) is 15.9 Å². The lowest BCUT2D eigenvalue weighted by Crippen LogP contribution is -2.28. The molecule has 0 radical (unpaired) electrons. The summed E-state index contributed by atoms with van der Waals surface area (Å²) in [4.78, 5) is 32.2. The molecule has 20 heavy (non-hydrogen) atoms. The zero-order valence-corrected chi connectivity index (χ0v) is 10.8. The number of carboxylic acid groups (broad SMARTS) is 1. The largest absolute Gasteiger partial charge is 0.480 e. The summed E-state index contributed by atoms with van der Waals surface area (Å²) in [5.41, 5.74) is 0.413. The molecular formula is C12H14N2O6. The second-order valence-corrected chi connectivity index (χ2v) is 3.98. The Morgan fingerprint density at radius 2 is 2.15 bits per heavy atom. The lowest BCUT2D eigenvalue weighted by Gasteiger charge is -2.06. The number of carbonyl (C=O) groups is 2. The van der Waals surface area contributed by atoms with E-state index in [9.17, 15) is 19.7 Å². The average molecular weight is 282 g/mol. The SMILES string of the molecule is Cc1ccc([N+](=O)[O-])c(C(=O)NCCOCC(=O)O)c1. The maximum Gasteiger partial charge on any atom is 0.329 e. The summed E-state index contributed by atoms with van der Waals surface area (Å²) >= 11 is 0. The van der Waals surface area contributed by atoms with Crippen molar-refractivity contribution in [2.24, 2.45) is 0 Å². The van der Waals surface area contributed by atoms with Crippen molar-refractivity contribution in [1.82, 2.24) is 5.32 Å². The third-order valence-corrected chi connectivity index (χ3v) is 2.35. The highest BCUT2D eigenvalue weighted by atomic mass is 16.6. The van der Waals surface area contributed by atoms with Crippen molar-refractivity contribution in [2.75, 3.05) is 19.8 Å². The number of hydrogen-bond acceptors (Lipinski definition) is 5. The van der Waals surface area contributed by atoms with Gasteiger partial charge in [-0.1, -0.05) is 6.07 Å². The molecule has 0 fully saturated rings. The minimum atomic E-state index is -1.11. The first-order valence-electron chi connectivity index (χ1n) is 5.74. The fraction of sp³-hybridized carbons (Fsp3) is 0.333. The summed E-state index contributed by atoms with van der Waals surface area (Å²) in [6.45, 7) is 1.34. The number of amides is 1. The number of hydrogen-bond donors (Lipinski definition) is 2. The molecule has 0 atom stereocenters. The van der Waals surface area contributed by atoms with E-state index < -0.39 is 23.4 Å². The Kier molecular flexibility index (Phi) is 5.60. The molecule has 1 aromatic carbocycles. The second kappa shape index (κ2) is 7.19. The summed E-state index contributed by atoms with van der Waals surface area (Å²) in [6.07, 6.45) is 0. The van der Waals surface area contributed by atoms with Crippen LogP contribution in [0.5, 0.6) is 0 Å². The number of carbonyl (C=O) groups excluding carboxylic acids is 1. The van der Waals surface area contributed by atoms with E-state index in [1.807, 2.05) is 0 Å². The van der Waals surface area contributed by atoms with Crippen molar-refractivity contribution in [3.05, 3.63) is 39.4 Å². The van der Waals surface area contributed by atoms with Gasteiger partial charge in [-0.3, -0.25) is 14.9 Å². The van der Waals surface area contributed by atoms with Gasteiger partial charge in [-0.05, 0) is 18.6 Å². The number of carboxylic acids is 1. The van der Waals surface area contributed by atoms with Crippen LogP contribution in [0.3, 0.4) is 0 Å². The van der Waals surface area contributed by atoms with Crippen LogP contribution in [0.2, 0.25) is 0 Å². The van der Waals surface area contributed by atoms with Crippen molar-refractivity contribution >= 4 is 17.6 Å². The van der Waals surface area contributed by atoms with Gasteiger partial charge >= 0.3 is 5.97 Å². The number of ether oxygens (including phenoxy) is 1. The zero-order valence-electron chi connectivity index (χ0n) is 10.8. The molecule has 1 amide bonds. The van der Waals surface area contributed by atoms with E-state index in [0.29, 0.717) is 0 Å². The molecule has 8 nitrogen and oxygen atoms in total. The molecule has 0 heterocycles. The Labute approximate surface area is 114 Å². The highest BCUT2D eigenvalue weighted by Crippen LogP contribution is 2.19. The Morgan fingerprint density at radius 3 is 2.75 bits per heavy atom. The van der Waals surface area contributed by atoms with Gasteiger partial charge in [0.1, 0.15) is 12.2 Å². The van der Waals surface area contributed by atoms with Crippen molar-refractivity contribution in [1.29, 1.82) is 0 Å². The van der Waals surface area contributed by atoms with Gasteiger partial charge in [0.15, 0.2) is 0 Å². The molecule has 108 valence electrons. The van der Waals surface area contributed by atoms with Gasteiger partial charge in [0, 0.05) is 12.6 Å². The number of aliphatic carboxylic acids is 1. The predicted octanol–water partition coefficient (Wildman–Crippen LogP) is 0.734. The van der Waals surface area contributed by atoms with Gasteiger partial charge in [-0.25, -0.2) is 4.79 Å². The first-order valence-corrected chi connectivity index (χ1v) is 5.74. The molecule has 0 unspecified atom stereocenters. The van der Waals surface area contributed by atoms with E-state index in [0.717, 1.165) is 5.56 Å². The fourth-order valence-corrected chi connectivity index (χ4v) is 1.48. The molecule has 0 spiro atoms. The van der Waals surface area contributed by atoms with Crippen LogP contribution < -0.4 is 5.32 Å². The Hall–Kier alpha value is -2.48. The summed E-state index contributed by atoms with van der Waals surface area (Å²) in [6, 6.07) is 4.24. The van der Waals surface area contributed by atoms with Gasteiger partial charge in [-0.2, -0.15) is 0 Å². The van der Waals surface area contributed by atoms with E-state index in [4.69, 9.17) is 9.84 Å². The van der Waals surface area contributed by atoms with Crippen LogP contribution in [0.4, 0.5) is 5.69 Å². The predicted molar refractivity (Wildman–Crippen MR) is 68.6 cm³/mol. The number of aryl methyl sites for hydroxylation is 1. The Bertz CT molecular complexity index is 529. The van der Waals surface area contributed by atoms with Gasteiger partial charge in [-0.15, -0.1) is 0 Å². The van der Waals surface area contributed by atoms with Crippen molar-refractivity contribution in [3.8, 4) is 0 Å². The number of nitrogens with zero attached hydrogens (tertiary/aromatic N) is 1. The van der Waals surface area contributed by atoms with Crippen LogP contribution in [0.15, 0.2) is 18.2 Å². The Balaban J connectivity index is 2.61. The number of nitro groups is 1. The van der Waals surface area contributed by atoms with Crippen LogP contribution >= 0.6 is 0 Å². The van der Waals surface area contributed by atoms with Crippen LogP contribution in [0.25, 0.3) is 0 Å². The van der Waals surface area contributed by atoms with Crippen LogP contribution in [-0.4, -0.2) is 41.7 Å². The molecule has 1 rings (SSSR count). The molecular weight excluding hydrogens is 268 g/mol. The highest BCUT2D eigenvalue weighted by molar-refractivity contribution is 5.98. The number of rotatable bonds is 7. The number of nitro benzene ring substituents is 1. The first kappa shape index (κ1) is 15.6. The summed E-state index contributed by atoms with van der Waals surface area (Å²) < 4.78 is 4.73. The fourth-order valence-electron chi connectivity index (χ4n) is 1.48. The van der Waals surface area contributed by atoms with Crippen molar-refractivity contribution < 1.29 is 24.4 Å². The number of benzene rings is 1. The number of nitrogens with one attached hydrogen (secondary N) is 1. The van der Waals surface area contributed by atoms with Gasteiger partial charge in [0.2, 0.25) is 0 Å². The molecule has 0 aliphatic rings. The molecule has 8 heteroatoms. The maximum atomic E-state index is 11.8. The Morgan fingerprint density at radius 1 is 1.45 bits per heavy atom. The van der Waals surface area contributed by atoms with Crippen molar-refractivity contribution in [2.45, 2.75) is 6.92 Å². The molecule has 0 aliphatic heterocycles. The molecule has 1 aromatic rings. The normalized spacial score (nSPS) is 10.1. The quantitative estimate of drug-likeness (QED) is 0.432. The summed E-state index contributed by atoms with van der Waals surface area (Å²) in [5, 5.41) is 21.6. The lowest BCUT2D eigenvalue weighted by molar-refractivity contribution is -0.385. The smallest absolute Gasteiger partial charge is 0.329 e. The summed E-state index contributed by atoms with van der Waals surface area (Å²) in [5.74, 6) is -1.70. The van der Waals surface area contributed by atoms with E-state index in [2.05, 4.69) is 5.32 Å². The van der Waals surface area contributed by atoms with Crippen LogP contribution in [0, 0.1) is 17.0 Å². The summed E-state index contributed by atoms with van der Waals surface area (Å²) in [7, 11) is 0. The zero-order chi connectivity index (χ0) is 15.1. The maximum absolute atomic E-state index is 11.8. The molecule has 2 N–H and O–H groups in total. The molecule has 0 aromatic heterocycles. The van der Waals surface area contributed by atoms with Crippen molar-refractivity contribution in [3.63, 3.8) is 0 Å². The van der Waals surface area contributed by atoms with Gasteiger partial charge < -0.3 is 15.2 Å². The van der Waals surface area contributed by atoms with Crippen LogP contribution in [-0.2, 0) is 9.53 Å². The van der Waals surface area contributed by atoms with E-state index >= 15 is 0 Å². The second-order valence-electron chi connectivity index (χ2n) is 3.98. The molecule has 0 bridgehead atoms. The van der Waals surface area contributed by atoms with E-state index in [-0.39, 0.29) is 24.4 Å². The molecule has 0 saturated carbocycles. The minimum Gasteiger partial charge on any atom is -0.480 e. The highest BCUT2D eigenvalue weighted by Gasteiger charge is 2.19. The minimum absolute atomic E-state index is 0.0116. The molecule has 0 aliphatic carbocycles. The average Bonchev–Trinajstić information content (AvgIpc) is 2.37. The lowest BCUT2D eigenvalue weighted by atomic mass is 10.1. The van der Waals surface area contributed by atoms with Gasteiger partial charge in [0.05, 0.1) is 11.5 Å². The molecule has 0 saturated heterocycles. The topological polar surface area (TPSA) is 119 Å².